The number of amides is 1. The number of sulfone groups is 1. The van der Waals surface area contributed by atoms with Gasteiger partial charge < -0.3 is 15.4 Å². The van der Waals surface area contributed by atoms with Crippen LogP contribution in [-0.4, -0.2) is 33.4 Å². The third kappa shape index (κ3) is 5.70. The molecule has 0 aliphatic carbocycles. The summed E-state index contributed by atoms with van der Waals surface area (Å²) >= 11 is 0. The summed E-state index contributed by atoms with van der Waals surface area (Å²) in [6.45, 7) is 0.436. The molecule has 31 heavy (non-hydrogen) atoms. The maximum absolute atomic E-state index is 12.7. The van der Waals surface area contributed by atoms with Crippen molar-refractivity contribution in [3.05, 3.63) is 83.9 Å². The van der Waals surface area contributed by atoms with E-state index in [4.69, 9.17) is 10.1 Å². The summed E-state index contributed by atoms with van der Waals surface area (Å²) in [5.41, 5.74) is 2.78. The standard InChI is InChI=1S/C23H23N3O4S/c1-30-18-7-5-6-17(14-18)26-23(27)22(24)20-8-3-4-9-21(20)25-15-16-10-12-19(13-11-16)31(2,28)29/h3-14,24-25H,15H2,1-2H3,(H,26,27)/p+1. The number of benzene rings is 3. The van der Waals surface area contributed by atoms with Crippen LogP contribution in [0.2, 0.25) is 0 Å². The summed E-state index contributed by atoms with van der Waals surface area (Å²) in [6.07, 6.45) is 1.17. The number of hydrogen-bond acceptors (Lipinski definition) is 5. The average molecular weight is 439 g/mol. The Bertz CT molecular complexity index is 1210. The lowest BCUT2D eigenvalue weighted by Crippen LogP contribution is -2.48. The number of methoxy groups -OCH3 is 1. The highest BCUT2D eigenvalue weighted by molar-refractivity contribution is 7.90. The molecule has 0 unspecified atom stereocenters. The number of carbonyl (C=O) groups is 1. The SMILES string of the molecule is COc1cccc(NC(=O)C(=[NH2+])c2ccccc2NCc2ccc(S(C)(=O)=O)cc2)c1. The first-order valence-electron chi connectivity index (χ1n) is 9.48. The van der Waals surface area contributed by atoms with Gasteiger partial charge in [0.2, 0.25) is 0 Å². The van der Waals surface area contributed by atoms with E-state index in [1.807, 2.05) is 12.1 Å². The zero-order valence-corrected chi connectivity index (χ0v) is 18.1. The molecule has 0 aromatic heterocycles. The monoisotopic (exact) mass is 438 g/mol. The second-order valence-electron chi connectivity index (χ2n) is 6.92. The Morgan fingerprint density at radius 2 is 1.71 bits per heavy atom. The van der Waals surface area contributed by atoms with E-state index < -0.39 is 15.7 Å². The van der Waals surface area contributed by atoms with Crippen LogP contribution in [0.1, 0.15) is 11.1 Å². The molecule has 0 radical (unpaired) electrons. The number of para-hydroxylation sites is 1. The summed E-state index contributed by atoms with van der Waals surface area (Å²) in [6, 6.07) is 20.9. The average Bonchev–Trinajstić information content (AvgIpc) is 2.77. The lowest BCUT2D eigenvalue weighted by atomic mass is 10.1. The number of ether oxygens (including phenoxy) is 1. The van der Waals surface area contributed by atoms with E-state index in [0.717, 1.165) is 5.56 Å². The van der Waals surface area contributed by atoms with Crippen molar-refractivity contribution in [1.29, 1.82) is 0 Å². The van der Waals surface area contributed by atoms with Crippen molar-refractivity contribution < 1.29 is 23.4 Å². The molecule has 0 fully saturated rings. The molecule has 0 saturated heterocycles. The van der Waals surface area contributed by atoms with Crippen molar-refractivity contribution in [2.45, 2.75) is 11.4 Å². The Kier molecular flexibility index (Phi) is 6.71. The second-order valence-corrected chi connectivity index (χ2v) is 8.93. The molecule has 8 heteroatoms. The summed E-state index contributed by atoms with van der Waals surface area (Å²) in [5, 5.41) is 12.2. The van der Waals surface area contributed by atoms with E-state index in [1.54, 1.807) is 67.8 Å². The van der Waals surface area contributed by atoms with E-state index >= 15 is 0 Å². The predicted molar refractivity (Wildman–Crippen MR) is 121 cm³/mol. The van der Waals surface area contributed by atoms with Crippen LogP contribution in [0.25, 0.3) is 0 Å². The summed E-state index contributed by atoms with van der Waals surface area (Å²) in [4.78, 5) is 12.9. The number of nitrogens with two attached hydrogens (primary N) is 1. The van der Waals surface area contributed by atoms with Crippen LogP contribution in [-0.2, 0) is 21.2 Å². The van der Waals surface area contributed by atoms with Crippen molar-refractivity contribution >= 4 is 32.8 Å². The molecule has 0 heterocycles. The molecule has 7 nitrogen and oxygen atoms in total. The van der Waals surface area contributed by atoms with Crippen LogP contribution in [0.5, 0.6) is 5.75 Å². The lowest BCUT2D eigenvalue weighted by molar-refractivity contribution is -0.132. The van der Waals surface area contributed by atoms with Gasteiger partial charge in [0.05, 0.1) is 17.6 Å². The summed E-state index contributed by atoms with van der Waals surface area (Å²) in [7, 11) is -1.68. The minimum absolute atomic E-state index is 0.0679. The molecular formula is C23H24N3O4S+. The molecule has 3 aromatic rings. The molecular weight excluding hydrogens is 414 g/mol. The Hall–Kier alpha value is -3.65. The molecule has 0 aliphatic rings. The van der Waals surface area contributed by atoms with Gasteiger partial charge in [-0.15, -0.1) is 0 Å². The topological polar surface area (TPSA) is 110 Å². The minimum atomic E-state index is -3.24. The minimum Gasteiger partial charge on any atom is -0.497 e. The molecule has 0 saturated carbocycles. The van der Waals surface area contributed by atoms with Gasteiger partial charge in [-0.2, -0.15) is 0 Å². The number of rotatable bonds is 8. The first-order chi connectivity index (χ1) is 14.8. The van der Waals surface area contributed by atoms with Crippen molar-refractivity contribution in [3.8, 4) is 5.75 Å². The quantitative estimate of drug-likeness (QED) is 0.465. The zero-order chi connectivity index (χ0) is 22.4. The van der Waals surface area contributed by atoms with Gasteiger partial charge in [-0.05, 0) is 42.0 Å². The highest BCUT2D eigenvalue weighted by Crippen LogP contribution is 2.19. The Balaban J connectivity index is 1.71. The van der Waals surface area contributed by atoms with Crippen LogP contribution >= 0.6 is 0 Å². The van der Waals surface area contributed by atoms with Gasteiger partial charge in [0, 0.05) is 30.2 Å². The normalized spacial score (nSPS) is 10.9. The number of nitrogens with one attached hydrogen (secondary N) is 2. The maximum Gasteiger partial charge on any atom is 0.320 e. The third-order valence-electron chi connectivity index (χ3n) is 4.62. The van der Waals surface area contributed by atoms with Gasteiger partial charge >= 0.3 is 5.91 Å². The summed E-state index contributed by atoms with van der Waals surface area (Å²) < 4.78 is 28.4. The van der Waals surface area contributed by atoms with Crippen molar-refractivity contribution in [1.82, 2.24) is 0 Å². The van der Waals surface area contributed by atoms with Crippen LogP contribution < -0.4 is 20.8 Å². The Morgan fingerprint density at radius 1 is 1.00 bits per heavy atom. The second kappa shape index (κ2) is 9.44. The molecule has 0 aliphatic heterocycles. The van der Waals surface area contributed by atoms with Crippen LogP contribution in [0.15, 0.2) is 77.7 Å². The third-order valence-corrected chi connectivity index (χ3v) is 5.75. The Morgan fingerprint density at radius 3 is 2.39 bits per heavy atom. The fourth-order valence-electron chi connectivity index (χ4n) is 2.95. The molecule has 0 atom stereocenters. The smallest absolute Gasteiger partial charge is 0.320 e. The first-order valence-corrected chi connectivity index (χ1v) is 11.4. The fraction of sp³-hybridized carbons (Fsp3) is 0.130. The van der Waals surface area contributed by atoms with E-state index in [-0.39, 0.29) is 10.6 Å². The van der Waals surface area contributed by atoms with Gasteiger partial charge in [0.1, 0.15) is 5.75 Å². The van der Waals surface area contributed by atoms with Crippen LogP contribution in [0.3, 0.4) is 0 Å². The van der Waals surface area contributed by atoms with E-state index in [9.17, 15) is 13.2 Å². The van der Waals surface area contributed by atoms with Gasteiger partial charge in [-0.1, -0.05) is 30.3 Å². The van der Waals surface area contributed by atoms with Crippen LogP contribution in [0, 0.1) is 0 Å². The van der Waals surface area contributed by atoms with Crippen molar-refractivity contribution in [2.24, 2.45) is 0 Å². The lowest BCUT2D eigenvalue weighted by Gasteiger charge is -2.11. The van der Waals surface area contributed by atoms with E-state index in [1.165, 1.54) is 6.26 Å². The maximum atomic E-state index is 12.7. The molecule has 3 rings (SSSR count). The Labute approximate surface area is 181 Å². The van der Waals surface area contributed by atoms with Gasteiger partial charge in [-0.3, -0.25) is 4.79 Å². The number of anilines is 2. The van der Waals surface area contributed by atoms with Crippen LogP contribution in [0.4, 0.5) is 11.4 Å². The summed E-state index contributed by atoms with van der Waals surface area (Å²) in [5.74, 6) is 0.195. The van der Waals surface area contributed by atoms with Gasteiger partial charge in [0.15, 0.2) is 9.84 Å². The highest BCUT2D eigenvalue weighted by Gasteiger charge is 2.21. The van der Waals surface area contributed by atoms with Crippen molar-refractivity contribution in [2.75, 3.05) is 24.0 Å². The molecule has 3 aromatic carbocycles. The predicted octanol–water partition coefficient (Wildman–Crippen LogP) is 1.90. The number of carbonyl (C=O) groups excluding carboxylic acids is 1. The fourth-order valence-corrected chi connectivity index (χ4v) is 3.58. The first kappa shape index (κ1) is 22.0. The van der Waals surface area contributed by atoms with E-state index in [2.05, 4.69) is 10.6 Å². The molecule has 0 spiro atoms. The van der Waals surface area contributed by atoms with Crippen molar-refractivity contribution in [3.63, 3.8) is 0 Å². The van der Waals surface area contributed by atoms with E-state index in [0.29, 0.717) is 29.2 Å². The molecule has 4 N–H and O–H groups in total. The largest absolute Gasteiger partial charge is 0.497 e. The van der Waals surface area contributed by atoms with Gasteiger partial charge in [-0.25, -0.2) is 13.8 Å². The number of hydrogen-bond donors (Lipinski definition) is 3. The molecule has 0 bridgehead atoms. The molecule has 1 amide bonds. The molecule has 160 valence electrons. The zero-order valence-electron chi connectivity index (χ0n) is 17.3. The highest BCUT2D eigenvalue weighted by atomic mass is 32.2. The van der Waals surface area contributed by atoms with Gasteiger partial charge in [0.25, 0.3) is 5.71 Å².